The summed E-state index contributed by atoms with van der Waals surface area (Å²) in [6.07, 6.45) is 5.17. The zero-order valence-corrected chi connectivity index (χ0v) is 16.1. The molecule has 0 aliphatic carbocycles. The molecule has 0 N–H and O–H groups in total. The van der Waals surface area contributed by atoms with Gasteiger partial charge >= 0.3 is 6.18 Å². The molecular weight excluding hydrogens is 397 g/mol. The molecule has 0 aliphatic heterocycles. The highest BCUT2D eigenvalue weighted by atomic mass is 19.4. The van der Waals surface area contributed by atoms with Crippen molar-refractivity contribution in [3.8, 4) is 18.3 Å². The van der Waals surface area contributed by atoms with Gasteiger partial charge in [-0.1, -0.05) is 5.92 Å². The molecule has 0 unspecified atom stereocenters. The molecule has 0 aliphatic rings. The molecule has 3 rings (SSSR count). The van der Waals surface area contributed by atoms with Gasteiger partial charge in [0.1, 0.15) is 6.33 Å². The van der Waals surface area contributed by atoms with Gasteiger partial charge < -0.3 is 4.90 Å². The molecular formula is C20H17F3N6O. The molecule has 1 atom stereocenters. The van der Waals surface area contributed by atoms with Crippen LogP contribution in [0.4, 0.5) is 13.2 Å². The quantitative estimate of drug-likeness (QED) is 0.599. The largest absolute Gasteiger partial charge is 0.416 e. The number of hydrogen-bond donors (Lipinski definition) is 0. The number of aromatic nitrogens is 5. The maximum Gasteiger partial charge on any atom is 0.416 e. The van der Waals surface area contributed by atoms with Crippen molar-refractivity contribution in [3.63, 3.8) is 0 Å². The zero-order valence-electron chi connectivity index (χ0n) is 16.1. The fraction of sp³-hybridized carbons (Fsp3) is 0.250. The van der Waals surface area contributed by atoms with E-state index in [2.05, 4.69) is 26.0 Å². The average Bonchev–Trinajstić information content (AvgIpc) is 3.20. The summed E-state index contributed by atoms with van der Waals surface area (Å²) in [7, 11) is 0. The lowest BCUT2D eigenvalue weighted by Gasteiger charge is -2.27. The molecule has 1 aromatic carbocycles. The van der Waals surface area contributed by atoms with E-state index in [-0.39, 0.29) is 18.1 Å². The summed E-state index contributed by atoms with van der Waals surface area (Å²) in [6.45, 7) is 3.00. The minimum absolute atomic E-state index is 0.119. The number of nitrogens with zero attached hydrogens (tertiary/aromatic N) is 6. The first kappa shape index (κ1) is 21.0. The standard InChI is InChI=1S/C20H17F3N6O/c1-4-8-28(18(30)15-9-13(2)10-16(11-15)20(21,22)23)14(3)17-26-12-27-29(17)19-24-6-5-7-25-19/h1,5-7,9-12,14H,8H2,2-3H3/t14-/m0/s1. The summed E-state index contributed by atoms with van der Waals surface area (Å²) in [5.74, 6) is 2.27. The predicted octanol–water partition coefficient (Wildman–Crippen LogP) is 3.22. The second kappa shape index (κ2) is 8.32. The van der Waals surface area contributed by atoms with Gasteiger partial charge in [0.2, 0.25) is 0 Å². The van der Waals surface area contributed by atoms with E-state index >= 15 is 0 Å². The van der Waals surface area contributed by atoms with Gasteiger partial charge in [-0.15, -0.1) is 6.42 Å². The van der Waals surface area contributed by atoms with Crippen molar-refractivity contribution in [1.82, 2.24) is 29.6 Å². The Bertz CT molecular complexity index is 1090. The first-order valence-electron chi connectivity index (χ1n) is 8.83. The lowest BCUT2D eigenvalue weighted by Crippen LogP contribution is -2.35. The number of carbonyl (C=O) groups excluding carboxylic acids is 1. The summed E-state index contributed by atoms with van der Waals surface area (Å²) in [6, 6.07) is 4.10. The van der Waals surface area contributed by atoms with Gasteiger partial charge in [-0.25, -0.2) is 15.0 Å². The number of halogens is 3. The van der Waals surface area contributed by atoms with Crippen LogP contribution in [0, 0.1) is 19.3 Å². The van der Waals surface area contributed by atoms with E-state index in [9.17, 15) is 18.0 Å². The minimum atomic E-state index is -4.57. The molecule has 1 amide bonds. The van der Waals surface area contributed by atoms with Crippen LogP contribution in [-0.2, 0) is 6.18 Å². The molecule has 2 heterocycles. The Morgan fingerprint density at radius 1 is 1.23 bits per heavy atom. The molecule has 0 bridgehead atoms. The number of hydrogen-bond acceptors (Lipinski definition) is 5. The second-order valence-corrected chi connectivity index (χ2v) is 6.48. The van der Waals surface area contributed by atoms with Crippen molar-refractivity contribution in [3.05, 3.63) is 65.5 Å². The van der Waals surface area contributed by atoms with E-state index in [4.69, 9.17) is 6.42 Å². The molecule has 3 aromatic rings. The number of alkyl halides is 3. The smallest absolute Gasteiger partial charge is 0.318 e. The van der Waals surface area contributed by atoms with Gasteiger partial charge in [0, 0.05) is 18.0 Å². The number of terminal acetylenes is 1. The highest BCUT2D eigenvalue weighted by molar-refractivity contribution is 5.95. The van der Waals surface area contributed by atoms with Crippen LogP contribution in [0.3, 0.4) is 0 Å². The predicted molar refractivity (Wildman–Crippen MR) is 101 cm³/mol. The minimum Gasteiger partial charge on any atom is -0.318 e. The van der Waals surface area contributed by atoms with Crippen LogP contribution >= 0.6 is 0 Å². The Balaban J connectivity index is 2.00. The van der Waals surface area contributed by atoms with Crippen molar-refractivity contribution < 1.29 is 18.0 Å². The van der Waals surface area contributed by atoms with Gasteiger partial charge in [0.25, 0.3) is 11.9 Å². The van der Waals surface area contributed by atoms with Crippen LogP contribution in [0.2, 0.25) is 0 Å². The molecule has 154 valence electrons. The third-order valence-electron chi connectivity index (χ3n) is 4.33. The Hall–Kier alpha value is -3.74. The van der Waals surface area contributed by atoms with Crippen LogP contribution in [0.5, 0.6) is 0 Å². The SMILES string of the molecule is C#CCN(C(=O)c1cc(C)cc(C(F)(F)F)c1)[C@@H](C)c1ncnn1-c1ncccn1. The molecule has 0 fully saturated rings. The maximum atomic E-state index is 13.2. The van der Waals surface area contributed by atoms with E-state index in [1.165, 1.54) is 41.3 Å². The number of amides is 1. The fourth-order valence-electron chi connectivity index (χ4n) is 2.95. The van der Waals surface area contributed by atoms with Crippen LogP contribution in [-0.4, -0.2) is 42.1 Å². The van der Waals surface area contributed by atoms with Crippen LogP contribution < -0.4 is 0 Å². The van der Waals surface area contributed by atoms with Crippen molar-refractivity contribution in [1.29, 1.82) is 0 Å². The number of aryl methyl sites for hydroxylation is 1. The first-order valence-corrected chi connectivity index (χ1v) is 8.83. The topological polar surface area (TPSA) is 76.8 Å². The van der Waals surface area contributed by atoms with Crippen molar-refractivity contribution in [2.45, 2.75) is 26.1 Å². The lowest BCUT2D eigenvalue weighted by atomic mass is 10.0. The van der Waals surface area contributed by atoms with Crippen molar-refractivity contribution in [2.75, 3.05) is 6.54 Å². The second-order valence-electron chi connectivity index (χ2n) is 6.48. The van der Waals surface area contributed by atoms with Crippen molar-refractivity contribution >= 4 is 5.91 Å². The number of benzene rings is 1. The monoisotopic (exact) mass is 414 g/mol. The molecule has 30 heavy (non-hydrogen) atoms. The molecule has 0 saturated heterocycles. The van der Waals surface area contributed by atoms with Crippen molar-refractivity contribution in [2.24, 2.45) is 0 Å². The number of carbonyl (C=O) groups is 1. The van der Waals surface area contributed by atoms with E-state index in [0.717, 1.165) is 12.1 Å². The Morgan fingerprint density at radius 2 is 1.93 bits per heavy atom. The van der Waals surface area contributed by atoms with Gasteiger partial charge in [0.05, 0.1) is 18.2 Å². The summed E-state index contributed by atoms with van der Waals surface area (Å²) in [5, 5.41) is 4.08. The highest BCUT2D eigenvalue weighted by Gasteiger charge is 2.33. The van der Waals surface area contributed by atoms with E-state index < -0.39 is 23.7 Å². The normalized spacial score (nSPS) is 12.3. The van der Waals surface area contributed by atoms with Gasteiger partial charge in [0.15, 0.2) is 5.82 Å². The van der Waals surface area contributed by atoms with E-state index in [1.54, 1.807) is 13.0 Å². The lowest BCUT2D eigenvalue weighted by molar-refractivity contribution is -0.137. The molecule has 2 aromatic heterocycles. The Morgan fingerprint density at radius 3 is 2.57 bits per heavy atom. The third kappa shape index (κ3) is 4.30. The summed E-state index contributed by atoms with van der Waals surface area (Å²) in [4.78, 5) is 26.8. The fourth-order valence-corrected chi connectivity index (χ4v) is 2.95. The third-order valence-corrected chi connectivity index (χ3v) is 4.33. The zero-order chi connectivity index (χ0) is 21.9. The summed E-state index contributed by atoms with van der Waals surface area (Å²) in [5.41, 5.74) is -0.714. The van der Waals surface area contributed by atoms with Gasteiger partial charge in [-0.3, -0.25) is 4.79 Å². The number of rotatable bonds is 5. The molecule has 0 spiro atoms. The maximum absolute atomic E-state index is 13.2. The molecule has 0 radical (unpaired) electrons. The van der Waals surface area contributed by atoms with Gasteiger partial charge in [-0.05, 0) is 43.7 Å². The van der Waals surface area contributed by atoms with Crippen LogP contribution in [0.1, 0.15) is 40.3 Å². The molecule has 10 heteroatoms. The average molecular weight is 414 g/mol. The Kier molecular flexibility index (Phi) is 5.82. The molecule has 0 saturated carbocycles. The highest BCUT2D eigenvalue weighted by Crippen LogP contribution is 2.31. The summed E-state index contributed by atoms with van der Waals surface area (Å²) < 4.78 is 40.9. The first-order chi connectivity index (χ1) is 14.2. The molecule has 7 nitrogen and oxygen atoms in total. The van der Waals surface area contributed by atoms with Crippen LogP contribution in [0.15, 0.2) is 43.0 Å². The van der Waals surface area contributed by atoms with E-state index in [0.29, 0.717) is 11.4 Å². The van der Waals surface area contributed by atoms with Crippen LogP contribution in [0.25, 0.3) is 5.95 Å². The summed E-state index contributed by atoms with van der Waals surface area (Å²) >= 11 is 0. The van der Waals surface area contributed by atoms with E-state index in [1.807, 2.05) is 0 Å². The van der Waals surface area contributed by atoms with Gasteiger partial charge in [-0.2, -0.15) is 23.0 Å². The Labute approximate surface area is 170 Å².